The fraction of sp³-hybridized carbons (Fsp3) is 0.500. The largest absolute Gasteiger partial charge is 0.534 e. The molecule has 3 aromatic rings. The number of likely N-dealkylation sites (tertiary alicyclic amines) is 1. The number of H-pyrrole nitrogens is 1. The van der Waals surface area contributed by atoms with Crippen molar-refractivity contribution in [1.82, 2.24) is 20.2 Å². The zero-order valence-electron chi connectivity index (χ0n) is 27.5. The average Bonchev–Trinajstić information content (AvgIpc) is 3.87. The molecule has 6 rings (SSSR count). The minimum Gasteiger partial charge on any atom is -0.453 e. The van der Waals surface area contributed by atoms with Gasteiger partial charge in [0.05, 0.1) is 31.6 Å². The third kappa shape index (κ3) is 6.62. The van der Waals surface area contributed by atoms with Crippen molar-refractivity contribution in [3.05, 3.63) is 59.5 Å². The van der Waals surface area contributed by atoms with Crippen LogP contribution in [0.3, 0.4) is 0 Å². The zero-order valence-corrected chi connectivity index (χ0v) is 28.4. The maximum Gasteiger partial charge on any atom is 0.534 e. The van der Waals surface area contributed by atoms with Gasteiger partial charge < -0.3 is 28.9 Å². The van der Waals surface area contributed by atoms with E-state index in [1.807, 2.05) is 38.1 Å². The Hall–Kier alpha value is -4.11. The maximum atomic E-state index is 13.8. The first-order valence-corrected chi connectivity index (χ1v) is 17.6. The molecule has 0 radical (unpaired) electrons. The minimum atomic E-state index is -5.80. The molecule has 2 N–H and O–H groups in total. The predicted molar refractivity (Wildman–Crippen MR) is 173 cm³/mol. The van der Waals surface area contributed by atoms with Crippen LogP contribution < -0.4 is 9.50 Å². The summed E-state index contributed by atoms with van der Waals surface area (Å²) in [5.41, 5.74) is -0.899. The highest BCUT2D eigenvalue weighted by Gasteiger charge is 2.50. The summed E-state index contributed by atoms with van der Waals surface area (Å²) in [5.74, 6) is 0.0490. The number of hydrogen-bond acceptors (Lipinski definition) is 8. The number of hydrogen-bond donors (Lipinski definition) is 2. The Morgan fingerprint density at radius 2 is 1.69 bits per heavy atom. The van der Waals surface area contributed by atoms with Crippen LogP contribution in [0.4, 0.5) is 18.0 Å². The van der Waals surface area contributed by atoms with Gasteiger partial charge >= 0.3 is 21.7 Å². The number of ether oxygens (including phenoxy) is 2. The molecule has 2 amide bonds. The second kappa shape index (κ2) is 13.3. The molecule has 3 aliphatic rings. The van der Waals surface area contributed by atoms with E-state index in [0.29, 0.717) is 31.0 Å². The first-order chi connectivity index (χ1) is 23.2. The van der Waals surface area contributed by atoms with E-state index < -0.39 is 27.8 Å². The van der Waals surface area contributed by atoms with Crippen molar-refractivity contribution in [1.29, 1.82) is 0 Å². The molecule has 1 aromatic heterocycles. The Kier molecular flexibility index (Phi) is 9.44. The lowest BCUT2D eigenvalue weighted by Crippen LogP contribution is -2.51. The number of nitrogens with one attached hydrogen (secondary N) is 2. The second-order valence-corrected chi connectivity index (χ2v) is 14.8. The summed E-state index contributed by atoms with van der Waals surface area (Å²) < 4.78 is 77.9. The molecule has 2 aromatic carbocycles. The summed E-state index contributed by atoms with van der Waals surface area (Å²) in [6.45, 7) is 4.60. The fourth-order valence-corrected chi connectivity index (χ4v) is 8.09. The number of fused-ring (bicyclic) bond motifs is 5. The molecule has 2 fully saturated rings. The van der Waals surface area contributed by atoms with Crippen LogP contribution in [0.2, 0.25) is 0 Å². The van der Waals surface area contributed by atoms with E-state index in [1.165, 1.54) is 13.2 Å². The van der Waals surface area contributed by atoms with E-state index >= 15 is 0 Å². The first kappa shape index (κ1) is 34.7. The Morgan fingerprint density at radius 3 is 2.33 bits per heavy atom. The van der Waals surface area contributed by atoms with Gasteiger partial charge in [0.2, 0.25) is 5.91 Å². The van der Waals surface area contributed by atoms with Crippen LogP contribution in [0.1, 0.15) is 74.4 Å². The summed E-state index contributed by atoms with van der Waals surface area (Å²) in [5, 5.41) is 2.66. The highest BCUT2D eigenvalue weighted by Crippen LogP contribution is 2.58. The van der Waals surface area contributed by atoms with Gasteiger partial charge in [-0.3, -0.25) is 4.79 Å². The van der Waals surface area contributed by atoms with Crippen LogP contribution in [-0.4, -0.2) is 74.2 Å². The van der Waals surface area contributed by atoms with Gasteiger partial charge in [-0.2, -0.15) is 21.6 Å². The smallest absolute Gasteiger partial charge is 0.453 e. The average molecular weight is 705 g/mol. The molecule has 2 heterocycles. The van der Waals surface area contributed by atoms with Gasteiger partial charge in [-0.05, 0) is 71.8 Å². The van der Waals surface area contributed by atoms with Crippen molar-refractivity contribution in [3.63, 3.8) is 0 Å². The minimum absolute atomic E-state index is 0.0568. The molecule has 2 aliphatic carbocycles. The third-order valence-corrected chi connectivity index (χ3v) is 10.8. The standard InChI is InChI=1S/C34H39F3N4O7S/c1-18(2)30(40-33(43)47-4)32(42)41-16-19(17-46-3)13-26(41)31-38-15-25(39-31)21-7-5-20(6-8-21)24-11-12-27(48-49(44,45)34(35,36)37)29-23-10-9-22(14-23)28(24)29/h5-8,11-12,15,18-19,22-23,26,30H,9-10,13-14,16-17H2,1-4H3,(H,38,39)(H,40,43)/t19-,22?,23?,26-,30-/m0/s1. The number of carbonyl (C=O) groups is 2. The van der Waals surface area contributed by atoms with Gasteiger partial charge in [0.25, 0.3) is 0 Å². The van der Waals surface area contributed by atoms with Gasteiger partial charge in [0, 0.05) is 25.1 Å². The lowest BCUT2D eigenvalue weighted by molar-refractivity contribution is -0.135. The van der Waals surface area contributed by atoms with Gasteiger partial charge in [-0.1, -0.05) is 44.2 Å². The van der Waals surface area contributed by atoms with Crippen LogP contribution in [0, 0.1) is 11.8 Å². The number of carbonyl (C=O) groups excluding carboxylic acids is 2. The molecule has 1 aliphatic heterocycles. The van der Waals surface area contributed by atoms with Crippen LogP contribution in [0.25, 0.3) is 22.4 Å². The summed E-state index contributed by atoms with van der Waals surface area (Å²) >= 11 is 0. The Labute approximate surface area is 282 Å². The lowest BCUT2D eigenvalue weighted by atomic mass is 9.85. The van der Waals surface area contributed by atoms with Crippen molar-refractivity contribution >= 4 is 22.1 Å². The molecule has 11 nitrogen and oxygen atoms in total. The molecule has 0 spiro atoms. The van der Waals surface area contributed by atoms with E-state index in [-0.39, 0.29) is 41.4 Å². The van der Waals surface area contributed by atoms with E-state index in [2.05, 4.69) is 19.5 Å². The van der Waals surface area contributed by atoms with Crippen molar-refractivity contribution in [3.8, 4) is 28.1 Å². The van der Waals surface area contributed by atoms with Crippen molar-refractivity contribution in [2.75, 3.05) is 27.4 Å². The molecule has 264 valence electrons. The Morgan fingerprint density at radius 1 is 1.02 bits per heavy atom. The number of alkyl halides is 3. The maximum absolute atomic E-state index is 13.8. The number of halogens is 3. The number of benzene rings is 2. The third-order valence-electron chi connectivity index (χ3n) is 9.86. The number of aromatic nitrogens is 2. The monoisotopic (exact) mass is 704 g/mol. The molecule has 5 atom stereocenters. The lowest BCUT2D eigenvalue weighted by Gasteiger charge is -2.30. The zero-order chi connectivity index (χ0) is 35.2. The highest BCUT2D eigenvalue weighted by molar-refractivity contribution is 7.88. The summed E-state index contributed by atoms with van der Waals surface area (Å²) in [6.07, 6.45) is 4.01. The van der Waals surface area contributed by atoms with Crippen molar-refractivity contribution in [2.24, 2.45) is 11.8 Å². The number of rotatable bonds is 10. The van der Waals surface area contributed by atoms with Gasteiger partial charge in [0.15, 0.2) is 0 Å². The topological polar surface area (TPSA) is 140 Å². The SMILES string of the molecule is COC[C@H]1C[C@@H](c2ncc(-c3ccc(-c4ccc(OS(=O)(=O)C(F)(F)F)c5c4C4CCC5C4)cc3)[nH]2)N(C(=O)[C@@H](NC(=O)OC)C(C)C)C1. The number of nitrogens with zero attached hydrogens (tertiary/aromatic N) is 2. The number of amides is 2. The first-order valence-electron chi connectivity index (χ1n) is 16.2. The molecule has 1 saturated carbocycles. The molecule has 49 heavy (non-hydrogen) atoms. The summed E-state index contributed by atoms with van der Waals surface area (Å²) in [7, 11) is -2.93. The normalized spacial score (nSPS) is 22.3. The summed E-state index contributed by atoms with van der Waals surface area (Å²) in [4.78, 5) is 35.5. The van der Waals surface area contributed by atoms with Crippen LogP contribution in [-0.2, 0) is 24.4 Å². The van der Waals surface area contributed by atoms with Gasteiger partial charge in [0.1, 0.15) is 17.6 Å². The van der Waals surface area contributed by atoms with E-state index in [9.17, 15) is 31.2 Å². The summed E-state index contributed by atoms with van der Waals surface area (Å²) in [6, 6.07) is 9.43. The number of alkyl carbamates (subject to hydrolysis) is 1. The van der Waals surface area contributed by atoms with Gasteiger partial charge in [-0.25, -0.2) is 9.78 Å². The van der Waals surface area contributed by atoms with Crippen molar-refractivity contribution < 1.29 is 44.8 Å². The number of methoxy groups -OCH3 is 2. The Bertz CT molecular complexity index is 1830. The van der Waals surface area contributed by atoms with E-state index in [1.54, 1.807) is 24.3 Å². The highest BCUT2D eigenvalue weighted by atomic mass is 32.2. The molecular formula is C34H39F3N4O7S. The van der Waals surface area contributed by atoms with E-state index in [0.717, 1.165) is 47.2 Å². The number of aromatic amines is 1. The van der Waals surface area contributed by atoms with Crippen LogP contribution in [0.5, 0.6) is 5.75 Å². The Balaban J connectivity index is 1.26. The predicted octanol–water partition coefficient (Wildman–Crippen LogP) is 6.25. The van der Waals surface area contributed by atoms with Gasteiger partial charge in [-0.15, -0.1) is 0 Å². The molecule has 15 heteroatoms. The molecule has 2 unspecified atom stereocenters. The fourth-order valence-electron chi connectivity index (χ4n) is 7.62. The van der Waals surface area contributed by atoms with Crippen molar-refractivity contribution in [2.45, 2.75) is 69.0 Å². The van der Waals surface area contributed by atoms with E-state index in [4.69, 9.17) is 9.47 Å². The van der Waals surface area contributed by atoms with Crippen LogP contribution >= 0.6 is 0 Å². The number of imidazole rings is 1. The molecule has 1 saturated heterocycles. The van der Waals surface area contributed by atoms with Crippen LogP contribution in [0.15, 0.2) is 42.6 Å². The second-order valence-electron chi connectivity index (χ2n) is 13.3. The molecular weight excluding hydrogens is 665 g/mol. The quantitative estimate of drug-likeness (QED) is 0.187. The molecule has 2 bridgehead atoms.